The molecule has 0 atom stereocenters. The van der Waals surface area contributed by atoms with Crippen molar-refractivity contribution < 1.29 is 9.53 Å². The molecule has 2 heterocycles. The Kier molecular flexibility index (Phi) is 1.77. The van der Waals surface area contributed by atoms with Crippen molar-refractivity contribution in [1.82, 2.24) is 9.55 Å². The van der Waals surface area contributed by atoms with Gasteiger partial charge in [0.05, 0.1) is 25.4 Å². The molecule has 13 heavy (non-hydrogen) atoms. The molecular formula is C8H9N3O2. The zero-order valence-electron chi connectivity index (χ0n) is 7.15. The zero-order chi connectivity index (χ0) is 9.26. The Balaban J connectivity index is 2.32. The van der Waals surface area contributed by atoms with Gasteiger partial charge in [0.25, 0.3) is 0 Å². The molecule has 68 valence electrons. The Morgan fingerprint density at radius 1 is 1.77 bits per heavy atom. The number of hydrogen-bond donors (Lipinski definition) is 1. The van der Waals surface area contributed by atoms with Gasteiger partial charge in [0, 0.05) is 6.20 Å². The third kappa shape index (κ3) is 1.28. The van der Waals surface area contributed by atoms with Crippen molar-refractivity contribution in [1.29, 1.82) is 0 Å². The molecule has 0 bridgehead atoms. The van der Waals surface area contributed by atoms with Gasteiger partial charge >= 0.3 is 5.97 Å². The number of ether oxygens (including phenoxy) is 1. The summed E-state index contributed by atoms with van der Waals surface area (Å²) in [7, 11) is 1.37. The first-order valence-corrected chi connectivity index (χ1v) is 3.86. The lowest BCUT2D eigenvalue weighted by atomic mass is 10.2. The molecule has 1 aliphatic rings. The standard InChI is InChI=1S/C8H9N3O2/c1-13-8(12)6-2-10-7-3-9-5-11(7)4-6/h3-5,10H,2H2,1H3. The summed E-state index contributed by atoms with van der Waals surface area (Å²) in [6.07, 6.45) is 5.04. The molecule has 1 aromatic heterocycles. The summed E-state index contributed by atoms with van der Waals surface area (Å²) in [5.41, 5.74) is 0.591. The van der Waals surface area contributed by atoms with E-state index in [1.807, 2.05) is 0 Å². The summed E-state index contributed by atoms with van der Waals surface area (Å²) < 4.78 is 6.35. The SMILES string of the molecule is COC(=O)C1=Cn2cncc2NC1. The molecule has 5 heteroatoms. The third-order valence-electron chi connectivity index (χ3n) is 1.87. The van der Waals surface area contributed by atoms with Gasteiger partial charge in [-0.3, -0.25) is 4.57 Å². The van der Waals surface area contributed by atoms with Crippen LogP contribution in [0.5, 0.6) is 0 Å². The van der Waals surface area contributed by atoms with Gasteiger partial charge in [-0.2, -0.15) is 0 Å². The molecule has 1 N–H and O–H groups in total. The molecule has 0 unspecified atom stereocenters. The molecule has 0 spiro atoms. The Morgan fingerprint density at radius 3 is 3.38 bits per heavy atom. The molecule has 0 amide bonds. The molecule has 0 radical (unpaired) electrons. The van der Waals surface area contributed by atoms with Gasteiger partial charge in [-0.25, -0.2) is 9.78 Å². The lowest BCUT2D eigenvalue weighted by Crippen LogP contribution is -2.19. The van der Waals surface area contributed by atoms with Gasteiger partial charge in [-0.1, -0.05) is 0 Å². The summed E-state index contributed by atoms with van der Waals surface area (Å²) >= 11 is 0. The maximum absolute atomic E-state index is 11.1. The van der Waals surface area contributed by atoms with E-state index >= 15 is 0 Å². The number of nitrogens with one attached hydrogen (secondary N) is 1. The fourth-order valence-electron chi connectivity index (χ4n) is 1.20. The largest absolute Gasteiger partial charge is 0.466 e. The van der Waals surface area contributed by atoms with Crippen LogP contribution in [0.3, 0.4) is 0 Å². The summed E-state index contributed by atoms with van der Waals surface area (Å²) in [4.78, 5) is 15.1. The number of hydrogen-bond acceptors (Lipinski definition) is 4. The minimum Gasteiger partial charge on any atom is -0.466 e. The van der Waals surface area contributed by atoms with Crippen molar-refractivity contribution in [3.05, 3.63) is 18.1 Å². The van der Waals surface area contributed by atoms with Crippen LogP contribution < -0.4 is 5.32 Å². The second-order valence-corrected chi connectivity index (χ2v) is 2.69. The molecule has 0 saturated heterocycles. The molecule has 5 nitrogen and oxygen atoms in total. The van der Waals surface area contributed by atoms with Gasteiger partial charge in [0.2, 0.25) is 0 Å². The van der Waals surface area contributed by atoms with Crippen LogP contribution in [0.1, 0.15) is 0 Å². The van der Waals surface area contributed by atoms with E-state index in [0.717, 1.165) is 5.82 Å². The highest BCUT2D eigenvalue weighted by atomic mass is 16.5. The van der Waals surface area contributed by atoms with Crippen LogP contribution in [0.2, 0.25) is 0 Å². The smallest absolute Gasteiger partial charge is 0.337 e. The number of aromatic nitrogens is 2. The van der Waals surface area contributed by atoms with E-state index < -0.39 is 0 Å². The van der Waals surface area contributed by atoms with E-state index in [2.05, 4.69) is 15.0 Å². The van der Waals surface area contributed by atoms with E-state index in [0.29, 0.717) is 12.1 Å². The maximum Gasteiger partial charge on any atom is 0.337 e. The van der Waals surface area contributed by atoms with Crippen molar-refractivity contribution in [2.45, 2.75) is 0 Å². The van der Waals surface area contributed by atoms with Crippen LogP contribution in [0, 0.1) is 0 Å². The van der Waals surface area contributed by atoms with Gasteiger partial charge in [0.15, 0.2) is 0 Å². The number of rotatable bonds is 1. The van der Waals surface area contributed by atoms with E-state index in [9.17, 15) is 4.79 Å². The number of nitrogens with zero attached hydrogens (tertiary/aromatic N) is 2. The predicted octanol–water partition coefficient (Wildman–Crippen LogP) is 0.322. The molecule has 0 saturated carbocycles. The first-order valence-electron chi connectivity index (χ1n) is 3.86. The Morgan fingerprint density at radius 2 is 2.62 bits per heavy atom. The van der Waals surface area contributed by atoms with Crippen molar-refractivity contribution in [3.63, 3.8) is 0 Å². The number of imidazole rings is 1. The molecular weight excluding hydrogens is 170 g/mol. The quantitative estimate of drug-likeness (QED) is 0.631. The van der Waals surface area contributed by atoms with E-state index in [1.165, 1.54) is 7.11 Å². The highest BCUT2D eigenvalue weighted by molar-refractivity contribution is 5.93. The normalized spacial score (nSPS) is 14.1. The average Bonchev–Trinajstić information content (AvgIpc) is 2.63. The van der Waals surface area contributed by atoms with Crippen LogP contribution in [-0.4, -0.2) is 29.2 Å². The zero-order valence-corrected chi connectivity index (χ0v) is 7.15. The fraction of sp³-hybridized carbons (Fsp3) is 0.250. The molecule has 0 aromatic carbocycles. The lowest BCUT2D eigenvalue weighted by molar-refractivity contribution is -0.136. The van der Waals surface area contributed by atoms with Crippen molar-refractivity contribution in [2.24, 2.45) is 0 Å². The number of esters is 1. The van der Waals surface area contributed by atoms with Gasteiger partial charge in [-0.15, -0.1) is 0 Å². The lowest BCUT2D eigenvalue weighted by Gasteiger charge is -2.14. The second kappa shape index (κ2) is 2.93. The van der Waals surface area contributed by atoms with Crippen molar-refractivity contribution in [2.75, 3.05) is 19.0 Å². The summed E-state index contributed by atoms with van der Waals surface area (Å²) in [6.45, 7) is 0.484. The molecule has 2 rings (SSSR count). The third-order valence-corrected chi connectivity index (χ3v) is 1.87. The monoisotopic (exact) mass is 179 g/mol. The van der Waals surface area contributed by atoms with Gasteiger partial charge in [-0.05, 0) is 0 Å². The van der Waals surface area contributed by atoms with Crippen LogP contribution in [0.25, 0.3) is 6.20 Å². The Labute approximate surface area is 75.0 Å². The first kappa shape index (κ1) is 7.85. The Bertz CT molecular complexity index is 367. The van der Waals surface area contributed by atoms with E-state index in [4.69, 9.17) is 0 Å². The first-order chi connectivity index (χ1) is 6.31. The van der Waals surface area contributed by atoms with Crippen LogP contribution >= 0.6 is 0 Å². The van der Waals surface area contributed by atoms with Crippen LogP contribution in [0.15, 0.2) is 18.1 Å². The molecule has 1 aliphatic heterocycles. The fourth-order valence-corrected chi connectivity index (χ4v) is 1.20. The van der Waals surface area contributed by atoms with Crippen LogP contribution in [0.4, 0.5) is 5.82 Å². The van der Waals surface area contributed by atoms with E-state index in [1.54, 1.807) is 23.3 Å². The summed E-state index contributed by atoms with van der Waals surface area (Å²) in [5, 5.41) is 3.04. The number of methoxy groups -OCH3 is 1. The van der Waals surface area contributed by atoms with E-state index in [-0.39, 0.29) is 5.97 Å². The van der Waals surface area contributed by atoms with Gasteiger partial charge in [0.1, 0.15) is 12.1 Å². The summed E-state index contributed by atoms with van der Waals surface area (Å²) in [5.74, 6) is 0.569. The molecule has 0 aliphatic carbocycles. The topological polar surface area (TPSA) is 56.2 Å². The average molecular weight is 179 g/mol. The highest BCUT2D eigenvalue weighted by Gasteiger charge is 2.15. The predicted molar refractivity (Wildman–Crippen MR) is 47.0 cm³/mol. The van der Waals surface area contributed by atoms with Crippen molar-refractivity contribution >= 4 is 18.0 Å². The van der Waals surface area contributed by atoms with Crippen LogP contribution in [-0.2, 0) is 9.53 Å². The number of fused-ring (bicyclic) bond motifs is 1. The number of carbonyl (C=O) groups excluding carboxylic acids is 1. The number of carbonyl (C=O) groups is 1. The van der Waals surface area contributed by atoms with Gasteiger partial charge < -0.3 is 10.1 Å². The second-order valence-electron chi connectivity index (χ2n) is 2.69. The summed E-state index contributed by atoms with van der Waals surface area (Å²) in [6, 6.07) is 0. The molecule has 1 aromatic rings. The number of anilines is 1. The Hall–Kier alpha value is -1.78. The minimum absolute atomic E-state index is 0.313. The maximum atomic E-state index is 11.1. The minimum atomic E-state index is -0.313. The van der Waals surface area contributed by atoms with Crippen molar-refractivity contribution in [3.8, 4) is 0 Å². The highest BCUT2D eigenvalue weighted by Crippen LogP contribution is 2.15. The molecule has 0 fully saturated rings.